The predicted molar refractivity (Wildman–Crippen MR) is 115 cm³/mol. The summed E-state index contributed by atoms with van der Waals surface area (Å²) in [6.45, 7) is 3.82. The highest BCUT2D eigenvalue weighted by Gasteiger charge is 2.23. The number of rotatable bonds is 5. The number of benzene rings is 3. The third-order valence-electron chi connectivity index (χ3n) is 4.95. The molecule has 4 nitrogen and oxygen atoms in total. The Morgan fingerprint density at radius 3 is 2.47 bits per heavy atom. The van der Waals surface area contributed by atoms with E-state index >= 15 is 0 Å². The number of hydrogen-bond donors (Lipinski definition) is 0. The molecule has 30 heavy (non-hydrogen) atoms. The Balaban J connectivity index is 1.76. The van der Waals surface area contributed by atoms with Gasteiger partial charge in [0, 0.05) is 12.6 Å². The van der Waals surface area contributed by atoms with E-state index in [1.54, 1.807) is 6.92 Å². The molecule has 4 rings (SSSR count). The van der Waals surface area contributed by atoms with Crippen LogP contribution in [0.4, 0.5) is 8.78 Å². The van der Waals surface area contributed by atoms with Crippen molar-refractivity contribution < 1.29 is 13.6 Å². The zero-order chi connectivity index (χ0) is 21.4. The third kappa shape index (κ3) is 3.61. The van der Waals surface area contributed by atoms with Crippen molar-refractivity contribution in [3.05, 3.63) is 82.1 Å². The molecular formula is C23H18F2N2O2S. The maximum atomic E-state index is 14.0. The highest BCUT2D eigenvalue weighted by Crippen LogP contribution is 2.27. The molecule has 0 saturated carbocycles. The number of nitrogens with zero attached hydrogens (tertiary/aromatic N) is 2. The maximum Gasteiger partial charge on any atom is 0.262 e. The largest absolute Gasteiger partial charge is 0.293 e. The van der Waals surface area contributed by atoms with E-state index in [9.17, 15) is 18.4 Å². The molecule has 0 bridgehead atoms. The molecule has 4 aromatic rings. The lowest BCUT2D eigenvalue weighted by Gasteiger charge is -2.15. The van der Waals surface area contributed by atoms with Gasteiger partial charge in [-0.3, -0.25) is 14.2 Å². The van der Waals surface area contributed by atoms with Gasteiger partial charge in [-0.15, -0.1) is 0 Å². The zero-order valence-corrected chi connectivity index (χ0v) is 17.2. The minimum Gasteiger partial charge on any atom is -0.293 e. The lowest BCUT2D eigenvalue weighted by molar-refractivity contribution is 0.0990. The molecule has 0 saturated heterocycles. The van der Waals surface area contributed by atoms with Gasteiger partial charge in [0.2, 0.25) is 0 Å². The van der Waals surface area contributed by atoms with Gasteiger partial charge < -0.3 is 0 Å². The van der Waals surface area contributed by atoms with Crippen LogP contribution in [0.5, 0.6) is 0 Å². The molecule has 1 heterocycles. The molecule has 7 heteroatoms. The number of ketones is 1. The van der Waals surface area contributed by atoms with Crippen LogP contribution < -0.4 is 5.56 Å². The minimum absolute atomic E-state index is 0.187. The van der Waals surface area contributed by atoms with Gasteiger partial charge >= 0.3 is 0 Å². The molecule has 1 atom stereocenters. The summed E-state index contributed by atoms with van der Waals surface area (Å²) in [6.07, 6.45) is 0. The van der Waals surface area contributed by atoms with Gasteiger partial charge in [0.05, 0.1) is 21.7 Å². The van der Waals surface area contributed by atoms with E-state index in [4.69, 9.17) is 0 Å². The zero-order valence-electron chi connectivity index (χ0n) is 16.4. The first kappa shape index (κ1) is 20.2. The van der Waals surface area contributed by atoms with Crippen LogP contribution in [0, 0.1) is 11.6 Å². The smallest absolute Gasteiger partial charge is 0.262 e. The first-order chi connectivity index (χ1) is 14.4. The van der Waals surface area contributed by atoms with Gasteiger partial charge in [0.1, 0.15) is 11.6 Å². The lowest BCUT2D eigenvalue weighted by atomic mass is 10.1. The molecule has 0 aliphatic carbocycles. The Hall–Kier alpha value is -3.06. The maximum absolute atomic E-state index is 14.0. The standard InChI is InChI=1S/C23H18F2N2O2S/c1-3-27-22(29)18-10-14-6-4-5-7-15(14)11-20(18)26-23(27)30-13(2)21(28)17-9-8-16(24)12-19(17)25/h4-13H,3H2,1-2H3. The van der Waals surface area contributed by atoms with Gasteiger partial charge in [-0.25, -0.2) is 13.8 Å². The van der Waals surface area contributed by atoms with Crippen molar-refractivity contribution in [1.82, 2.24) is 9.55 Å². The molecule has 152 valence electrons. The highest BCUT2D eigenvalue weighted by atomic mass is 32.2. The van der Waals surface area contributed by atoms with Crippen molar-refractivity contribution in [3.63, 3.8) is 0 Å². The van der Waals surface area contributed by atoms with Crippen LogP contribution in [0.3, 0.4) is 0 Å². The number of aromatic nitrogens is 2. The van der Waals surface area contributed by atoms with Gasteiger partial charge in [0.15, 0.2) is 10.9 Å². The Bertz CT molecular complexity index is 1350. The fourth-order valence-corrected chi connectivity index (χ4v) is 4.42. The van der Waals surface area contributed by atoms with E-state index < -0.39 is 22.7 Å². The normalized spacial score (nSPS) is 12.4. The Morgan fingerprint density at radius 1 is 1.10 bits per heavy atom. The summed E-state index contributed by atoms with van der Waals surface area (Å²) in [5.74, 6) is -2.14. The van der Waals surface area contributed by atoms with Crippen LogP contribution in [-0.4, -0.2) is 20.6 Å². The Morgan fingerprint density at radius 2 is 1.80 bits per heavy atom. The summed E-state index contributed by atoms with van der Waals surface area (Å²) in [6, 6.07) is 14.2. The quantitative estimate of drug-likeness (QED) is 0.191. The van der Waals surface area contributed by atoms with Crippen LogP contribution in [0.15, 0.2) is 64.5 Å². The van der Waals surface area contributed by atoms with Crippen LogP contribution >= 0.6 is 11.8 Å². The molecule has 0 N–H and O–H groups in total. The van der Waals surface area contributed by atoms with Gasteiger partial charge in [-0.1, -0.05) is 36.0 Å². The van der Waals surface area contributed by atoms with Crippen molar-refractivity contribution in [3.8, 4) is 0 Å². The fraction of sp³-hybridized carbons (Fsp3) is 0.174. The minimum atomic E-state index is -0.904. The van der Waals surface area contributed by atoms with E-state index in [0.717, 1.165) is 34.7 Å². The van der Waals surface area contributed by atoms with Crippen molar-refractivity contribution in [2.45, 2.75) is 30.8 Å². The van der Waals surface area contributed by atoms with E-state index in [1.807, 2.05) is 43.3 Å². The van der Waals surface area contributed by atoms with Crippen LogP contribution in [0.2, 0.25) is 0 Å². The van der Waals surface area contributed by atoms with E-state index in [0.29, 0.717) is 28.7 Å². The number of thioether (sulfide) groups is 1. The van der Waals surface area contributed by atoms with Crippen molar-refractivity contribution in [1.29, 1.82) is 0 Å². The van der Waals surface area contributed by atoms with Gasteiger partial charge in [-0.05, 0) is 48.9 Å². The van der Waals surface area contributed by atoms with Crippen molar-refractivity contribution >= 4 is 39.2 Å². The fourth-order valence-electron chi connectivity index (χ4n) is 3.38. The summed E-state index contributed by atoms with van der Waals surface area (Å²) in [5.41, 5.74) is 0.162. The molecule has 0 radical (unpaired) electrons. The summed E-state index contributed by atoms with van der Waals surface area (Å²) >= 11 is 1.09. The summed E-state index contributed by atoms with van der Waals surface area (Å²) in [5, 5.41) is 2.08. The number of Topliss-reactive ketones (excluding diaryl/α,β-unsaturated/α-hetero) is 1. The van der Waals surface area contributed by atoms with Gasteiger partial charge in [-0.2, -0.15) is 0 Å². The number of carbonyl (C=O) groups excluding carboxylic acids is 1. The van der Waals surface area contributed by atoms with Crippen LogP contribution in [0.1, 0.15) is 24.2 Å². The third-order valence-corrected chi connectivity index (χ3v) is 6.04. The Kier molecular flexibility index (Phi) is 5.39. The SMILES string of the molecule is CCn1c(SC(C)C(=O)c2ccc(F)cc2F)nc2cc3ccccc3cc2c1=O. The second kappa shape index (κ2) is 7.99. The van der Waals surface area contributed by atoms with Gasteiger partial charge in [0.25, 0.3) is 5.56 Å². The molecule has 0 amide bonds. The molecule has 3 aromatic carbocycles. The summed E-state index contributed by atoms with van der Waals surface area (Å²) < 4.78 is 28.7. The molecule has 1 aromatic heterocycles. The van der Waals surface area contributed by atoms with Crippen molar-refractivity contribution in [2.75, 3.05) is 0 Å². The summed E-state index contributed by atoms with van der Waals surface area (Å²) in [4.78, 5) is 30.4. The highest BCUT2D eigenvalue weighted by molar-refractivity contribution is 8.00. The molecule has 1 unspecified atom stereocenters. The number of fused-ring (bicyclic) bond motifs is 2. The second-order valence-corrected chi connectivity index (χ2v) is 8.22. The van der Waals surface area contributed by atoms with Crippen LogP contribution in [-0.2, 0) is 6.54 Å². The van der Waals surface area contributed by atoms with E-state index in [-0.39, 0.29) is 11.1 Å². The van der Waals surface area contributed by atoms with Crippen molar-refractivity contribution in [2.24, 2.45) is 0 Å². The van der Waals surface area contributed by atoms with Crippen LogP contribution in [0.25, 0.3) is 21.7 Å². The lowest BCUT2D eigenvalue weighted by Crippen LogP contribution is -2.24. The molecule has 0 fully saturated rings. The molecular weight excluding hydrogens is 406 g/mol. The number of carbonyl (C=O) groups is 1. The monoisotopic (exact) mass is 424 g/mol. The molecule has 0 aliphatic heterocycles. The summed E-state index contributed by atoms with van der Waals surface area (Å²) in [7, 11) is 0. The first-order valence-corrected chi connectivity index (χ1v) is 10.4. The average molecular weight is 424 g/mol. The molecule has 0 spiro atoms. The molecule has 0 aliphatic rings. The average Bonchev–Trinajstić information content (AvgIpc) is 2.72. The van der Waals surface area contributed by atoms with E-state index in [2.05, 4.69) is 4.98 Å². The first-order valence-electron chi connectivity index (χ1n) is 9.48. The topological polar surface area (TPSA) is 52.0 Å². The van der Waals surface area contributed by atoms with E-state index in [1.165, 1.54) is 4.57 Å². The number of halogens is 2. The Labute approximate surface area is 175 Å². The predicted octanol–water partition coefficient (Wildman–Crippen LogP) is 5.21. The second-order valence-electron chi connectivity index (χ2n) is 6.91. The number of hydrogen-bond acceptors (Lipinski definition) is 4.